The van der Waals surface area contributed by atoms with Crippen LogP contribution in [0.2, 0.25) is 10.0 Å². The number of nitrogens with one attached hydrogen (secondary N) is 1. The van der Waals surface area contributed by atoms with Crippen molar-refractivity contribution in [3.8, 4) is 0 Å². The minimum atomic E-state index is -0.214. The molecule has 0 bridgehead atoms. The number of amides is 1. The molecule has 3 nitrogen and oxygen atoms in total. The van der Waals surface area contributed by atoms with Gasteiger partial charge in [-0.1, -0.05) is 29.3 Å². The second-order valence-electron chi connectivity index (χ2n) is 6.03. The van der Waals surface area contributed by atoms with Gasteiger partial charge in [-0.3, -0.25) is 9.69 Å². The second kappa shape index (κ2) is 7.09. The molecular formula is C18H17Cl2FN2O. The molecule has 1 heterocycles. The van der Waals surface area contributed by atoms with Gasteiger partial charge in [-0.25, -0.2) is 4.39 Å². The summed E-state index contributed by atoms with van der Waals surface area (Å²) in [6.07, 6.45) is 0.772. The van der Waals surface area contributed by atoms with Crippen molar-refractivity contribution < 1.29 is 9.18 Å². The summed E-state index contributed by atoms with van der Waals surface area (Å²) < 4.78 is 13.3. The van der Waals surface area contributed by atoms with Gasteiger partial charge in [0.1, 0.15) is 5.82 Å². The highest BCUT2D eigenvalue weighted by atomic mass is 35.5. The van der Waals surface area contributed by atoms with Crippen molar-refractivity contribution in [1.82, 2.24) is 10.2 Å². The highest BCUT2D eigenvalue weighted by Gasteiger charge is 2.24. The highest BCUT2D eigenvalue weighted by Crippen LogP contribution is 2.24. The van der Waals surface area contributed by atoms with Gasteiger partial charge in [0.2, 0.25) is 0 Å². The minimum Gasteiger partial charge on any atom is -0.350 e. The standard InChI is InChI=1S/C18H17Cl2FN2O/c1-23-10-13-6-14(21)4-2-11(13)7-15(23)9-22-18(24)12-3-5-16(19)17(20)8-12/h2-6,8,15H,7,9-10H2,1H3,(H,22,24)/t15-/m0/s1. The molecule has 2 aromatic carbocycles. The molecule has 3 rings (SSSR count). The number of fused-ring (bicyclic) bond motifs is 1. The summed E-state index contributed by atoms with van der Waals surface area (Å²) in [4.78, 5) is 14.4. The summed E-state index contributed by atoms with van der Waals surface area (Å²) in [5.74, 6) is -0.402. The van der Waals surface area contributed by atoms with Crippen LogP contribution in [0, 0.1) is 5.82 Å². The van der Waals surface area contributed by atoms with Crippen molar-refractivity contribution in [1.29, 1.82) is 0 Å². The van der Waals surface area contributed by atoms with Crippen LogP contribution in [-0.2, 0) is 13.0 Å². The van der Waals surface area contributed by atoms with Crippen molar-refractivity contribution in [2.75, 3.05) is 13.6 Å². The van der Waals surface area contributed by atoms with Crippen LogP contribution in [0.1, 0.15) is 21.5 Å². The van der Waals surface area contributed by atoms with Crippen molar-refractivity contribution in [3.63, 3.8) is 0 Å². The Kier molecular flexibility index (Phi) is 5.09. The number of hydrogen-bond donors (Lipinski definition) is 1. The lowest BCUT2D eigenvalue weighted by atomic mass is 9.94. The van der Waals surface area contributed by atoms with Gasteiger partial charge in [-0.2, -0.15) is 0 Å². The van der Waals surface area contributed by atoms with Crippen LogP contribution in [0.3, 0.4) is 0 Å². The third kappa shape index (κ3) is 3.72. The van der Waals surface area contributed by atoms with E-state index in [2.05, 4.69) is 10.2 Å². The van der Waals surface area contributed by atoms with Crippen LogP contribution in [0.15, 0.2) is 36.4 Å². The Morgan fingerprint density at radius 3 is 2.75 bits per heavy atom. The smallest absolute Gasteiger partial charge is 0.251 e. The topological polar surface area (TPSA) is 32.3 Å². The predicted octanol–water partition coefficient (Wildman–Crippen LogP) is 3.92. The molecule has 126 valence electrons. The summed E-state index contributed by atoms with van der Waals surface area (Å²) in [7, 11) is 1.98. The summed E-state index contributed by atoms with van der Waals surface area (Å²) >= 11 is 11.8. The van der Waals surface area contributed by atoms with Gasteiger partial charge in [0.25, 0.3) is 5.91 Å². The third-order valence-electron chi connectivity index (χ3n) is 4.35. The Hall–Kier alpha value is -1.62. The first-order valence-corrected chi connectivity index (χ1v) is 8.40. The summed E-state index contributed by atoms with van der Waals surface area (Å²) in [6.45, 7) is 1.17. The SMILES string of the molecule is CN1Cc2cc(F)ccc2C[C@H]1CNC(=O)c1ccc(Cl)c(Cl)c1. The van der Waals surface area contributed by atoms with Gasteiger partial charge in [-0.05, 0) is 54.9 Å². The normalized spacial score (nSPS) is 17.4. The third-order valence-corrected chi connectivity index (χ3v) is 5.09. The van der Waals surface area contributed by atoms with Crippen LogP contribution in [0.5, 0.6) is 0 Å². The Morgan fingerprint density at radius 1 is 1.21 bits per heavy atom. The number of nitrogens with zero attached hydrogens (tertiary/aromatic N) is 1. The molecule has 1 N–H and O–H groups in total. The van der Waals surface area contributed by atoms with Crippen LogP contribution >= 0.6 is 23.2 Å². The Labute approximate surface area is 150 Å². The lowest BCUT2D eigenvalue weighted by Crippen LogP contribution is -2.45. The molecule has 0 aromatic heterocycles. The molecule has 0 saturated heterocycles. The summed E-state index contributed by atoms with van der Waals surface area (Å²) in [5, 5.41) is 3.71. The van der Waals surface area contributed by atoms with E-state index in [1.807, 2.05) is 13.1 Å². The molecule has 1 aliphatic rings. The Morgan fingerprint density at radius 2 is 2.00 bits per heavy atom. The van der Waals surface area contributed by atoms with Gasteiger partial charge in [0.15, 0.2) is 0 Å². The van der Waals surface area contributed by atoms with Crippen molar-refractivity contribution in [2.24, 2.45) is 0 Å². The number of halogens is 3. The number of rotatable bonds is 3. The van der Waals surface area contributed by atoms with E-state index in [1.165, 1.54) is 6.07 Å². The first-order valence-electron chi connectivity index (χ1n) is 7.65. The zero-order valence-corrected chi connectivity index (χ0v) is 14.7. The maximum Gasteiger partial charge on any atom is 0.251 e. The molecule has 2 aromatic rings. The van der Waals surface area contributed by atoms with E-state index in [1.54, 1.807) is 24.3 Å². The van der Waals surface area contributed by atoms with Crippen LogP contribution in [0.25, 0.3) is 0 Å². The molecule has 0 unspecified atom stereocenters. The maximum atomic E-state index is 13.3. The molecule has 6 heteroatoms. The van der Waals surface area contributed by atoms with Gasteiger partial charge in [0.05, 0.1) is 10.0 Å². The van der Waals surface area contributed by atoms with Gasteiger partial charge >= 0.3 is 0 Å². The zero-order valence-electron chi connectivity index (χ0n) is 13.2. The number of hydrogen-bond acceptors (Lipinski definition) is 2. The van der Waals surface area contributed by atoms with E-state index in [-0.39, 0.29) is 17.8 Å². The van der Waals surface area contributed by atoms with Crippen molar-refractivity contribution in [2.45, 2.75) is 19.0 Å². The van der Waals surface area contributed by atoms with E-state index in [9.17, 15) is 9.18 Å². The summed E-state index contributed by atoms with van der Waals surface area (Å²) in [6, 6.07) is 9.86. The fourth-order valence-electron chi connectivity index (χ4n) is 2.93. The maximum absolute atomic E-state index is 13.3. The first-order chi connectivity index (χ1) is 11.4. The first kappa shape index (κ1) is 17.2. The summed E-state index contributed by atoms with van der Waals surface area (Å²) in [5.41, 5.74) is 2.61. The fraction of sp³-hybridized carbons (Fsp3) is 0.278. The van der Waals surface area contributed by atoms with E-state index in [4.69, 9.17) is 23.2 Å². The van der Waals surface area contributed by atoms with E-state index >= 15 is 0 Å². The van der Waals surface area contributed by atoms with Crippen LogP contribution in [0.4, 0.5) is 4.39 Å². The van der Waals surface area contributed by atoms with E-state index in [0.29, 0.717) is 28.7 Å². The van der Waals surface area contributed by atoms with Crippen LogP contribution < -0.4 is 5.32 Å². The van der Waals surface area contributed by atoms with E-state index in [0.717, 1.165) is 17.5 Å². The number of likely N-dealkylation sites (N-methyl/N-ethyl adjacent to an activating group) is 1. The Bertz CT molecular complexity index is 782. The molecular weight excluding hydrogens is 350 g/mol. The molecule has 0 fully saturated rings. The van der Waals surface area contributed by atoms with Crippen molar-refractivity contribution >= 4 is 29.1 Å². The zero-order chi connectivity index (χ0) is 17.3. The molecule has 1 atom stereocenters. The second-order valence-corrected chi connectivity index (χ2v) is 6.84. The predicted molar refractivity (Wildman–Crippen MR) is 94.2 cm³/mol. The fourth-order valence-corrected chi connectivity index (χ4v) is 3.22. The van der Waals surface area contributed by atoms with E-state index < -0.39 is 0 Å². The lowest BCUT2D eigenvalue weighted by Gasteiger charge is -2.34. The van der Waals surface area contributed by atoms with Crippen LogP contribution in [-0.4, -0.2) is 30.4 Å². The molecule has 24 heavy (non-hydrogen) atoms. The largest absolute Gasteiger partial charge is 0.350 e. The van der Waals surface area contributed by atoms with Gasteiger partial charge < -0.3 is 5.32 Å². The molecule has 0 spiro atoms. The number of carbonyl (C=O) groups excluding carboxylic acids is 1. The average Bonchev–Trinajstić information content (AvgIpc) is 2.55. The lowest BCUT2D eigenvalue weighted by molar-refractivity contribution is 0.0934. The quantitative estimate of drug-likeness (QED) is 0.892. The van der Waals surface area contributed by atoms with Crippen molar-refractivity contribution in [3.05, 3.63) is 69.0 Å². The molecule has 1 amide bonds. The number of benzene rings is 2. The Balaban J connectivity index is 1.65. The monoisotopic (exact) mass is 366 g/mol. The number of carbonyl (C=O) groups is 1. The molecule has 0 saturated carbocycles. The molecule has 1 aliphatic heterocycles. The minimum absolute atomic E-state index is 0.162. The highest BCUT2D eigenvalue weighted by molar-refractivity contribution is 6.42. The average molecular weight is 367 g/mol. The van der Waals surface area contributed by atoms with Gasteiger partial charge in [-0.15, -0.1) is 0 Å². The van der Waals surface area contributed by atoms with Gasteiger partial charge in [0, 0.05) is 24.7 Å². The molecule has 0 radical (unpaired) electrons. The molecule has 0 aliphatic carbocycles.